The van der Waals surface area contributed by atoms with Crippen LogP contribution in [-0.2, 0) is 6.42 Å². The number of fused-ring (bicyclic) bond motifs is 1. The molecule has 0 amide bonds. The van der Waals surface area contributed by atoms with E-state index in [2.05, 4.69) is 35.6 Å². The van der Waals surface area contributed by atoms with E-state index in [4.69, 9.17) is 23.8 Å². The zero-order valence-corrected chi connectivity index (χ0v) is 12.0. The van der Waals surface area contributed by atoms with E-state index in [-0.39, 0.29) is 5.92 Å². The number of thiocarbonyl (C=S) groups is 1. The molecule has 0 radical (unpaired) electrons. The minimum Gasteiger partial charge on any atom is -0.379 e. The maximum absolute atomic E-state index is 6.36. The molecule has 1 N–H and O–H groups in total. The van der Waals surface area contributed by atoms with Gasteiger partial charge in [0.15, 0.2) is 0 Å². The summed E-state index contributed by atoms with van der Waals surface area (Å²) in [6.07, 6.45) is 0.997. The fraction of sp³-hybridized carbons (Fsp3) is 0.188. The molecule has 0 aromatic heterocycles. The van der Waals surface area contributed by atoms with Crippen LogP contribution < -0.4 is 5.32 Å². The van der Waals surface area contributed by atoms with Crippen molar-refractivity contribution in [1.82, 2.24) is 5.32 Å². The highest BCUT2D eigenvalue weighted by molar-refractivity contribution is 7.80. The third-order valence-corrected chi connectivity index (χ3v) is 4.26. The molecule has 1 heterocycles. The Kier molecular flexibility index (Phi) is 3.54. The highest BCUT2D eigenvalue weighted by atomic mass is 35.5. The van der Waals surface area contributed by atoms with Crippen LogP contribution in [0, 0.1) is 0 Å². The van der Waals surface area contributed by atoms with Crippen LogP contribution >= 0.6 is 23.8 Å². The van der Waals surface area contributed by atoms with E-state index in [1.54, 1.807) is 0 Å². The van der Waals surface area contributed by atoms with E-state index in [0.717, 1.165) is 28.5 Å². The summed E-state index contributed by atoms with van der Waals surface area (Å²) in [4.78, 5) is 0.859. The number of hydrogen-bond donors (Lipinski definition) is 1. The van der Waals surface area contributed by atoms with E-state index in [9.17, 15) is 0 Å². The van der Waals surface area contributed by atoms with E-state index in [1.165, 1.54) is 11.1 Å². The molecule has 0 bridgehead atoms. The third kappa shape index (κ3) is 2.38. The molecule has 3 heteroatoms. The Morgan fingerprint density at radius 2 is 1.68 bits per heavy atom. The van der Waals surface area contributed by atoms with Gasteiger partial charge in [-0.1, -0.05) is 66.3 Å². The van der Waals surface area contributed by atoms with Gasteiger partial charge < -0.3 is 5.32 Å². The van der Waals surface area contributed by atoms with Gasteiger partial charge in [-0.25, -0.2) is 0 Å². The van der Waals surface area contributed by atoms with Gasteiger partial charge in [0.2, 0.25) is 0 Å². The maximum Gasteiger partial charge on any atom is 0.0874 e. The third-order valence-electron chi connectivity index (χ3n) is 3.54. The van der Waals surface area contributed by atoms with Crippen LogP contribution in [0.15, 0.2) is 48.5 Å². The van der Waals surface area contributed by atoms with Gasteiger partial charge in [-0.3, -0.25) is 0 Å². The highest BCUT2D eigenvalue weighted by Crippen LogP contribution is 2.34. The van der Waals surface area contributed by atoms with E-state index in [0.29, 0.717) is 0 Å². The zero-order chi connectivity index (χ0) is 13.2. The summed E-state index contributed by atoms with van der Waals surface area (Å²) in [5.74, 6) is 0.0578. The van der Waals surface area contributed by atoms with Crippen molar-refractivity contribution in [2.45, 2.75) is 12.3 Å². The zero-order valence-electron chi connectivity index (χ0n) is 10.4. The summed E-state index contributed by atoms with van der Waals surface area (Å²) >= 11 is 11.9. The molecule has 96 valence electrons. The lowest BCUT2D eigenvalue weighted by Gasteiger charge is -2.20. The summed E-state index contributed by atoms with van der Waals surface area (Å²) in [7, 11) is 0. The first-order valence-electron chi connectivity index (χ1n) is 6.37. The van der Waals surface area contributed by atoms with E-state index < -0.39 is 0 Å². The molecule has 0 unspecified atom stereocenters. The largest absolute Gasteiger partial charge is 0.379 e. The first-order valence-corrected chi connectivity index (χ1v) is 7.16. The Morgan fingerprint density at radius 1 is 1.00 bits per heavy atom. The average Bonchev–Trinajstić information content (AvgIpc) is 2.58. The Bertz CT molecular complexity index is 624. The van der Waals surface area contributed by atoms with Gasteiger partial charge >= 0.3 is 0 Å². The van der Waals surface area contributed by atoms with Crippen LogP contribution in [0.1, 0.15) is 22.6 Å². The SMILES string of the molecule is S=C1NCCc2ccccc2[C@H]1c1ccccc1Cl. The number of benzene rings is 2. The van der Waals surface area contributed by atoms with Crippen molar-refractivity contribution in [2.24, 2.45) is 0 Å². The molecule has 0 aliphatic carbocycles. The van der Waals surface area contributed by atoms with Crippen molar-refractivity contribution >= 4 is 28.8 Å². The van der Waals surface area contributed by atoms with Crippen LogP contribution in [0.5, 0.6) is 0 Å². The van der Waals surface area contributed by atoms with Crippen molar-refractivity contribution in [3.63, 3.8) is 0 Å². The quantitative estimate of drug-likeness (QED) is 0.797. The van der Waals surface area contributed by atoms with Gasteiger partial charge in [0, 0.05) is 11.6 Å². The second-order valence-corrected chi connectivity index (χ2v) is 5.54. The van der Waals surface area contributed by atoms with Crippen LogP contribution in [0.4, 0.5) is 0 Å². The minimum atomic E-state index is 0.0578. The number of halogens is 1. The summed E-state index contributed by atoms with van der Waals surface area (Å²) in [5, 5.41) is 4.11. The molecular formula is C16H14ClNS. The monoisotopic (exact) mass is 287 g/mol. The molecule has 3 rings (SSSR count). The predicted octanol–water partition coefficient (Wildman–Crippen LogP) is 3.95. The highest BCUT2D eigenvalue weighted by Gasteiger charge is 2.25. The van der Waals surface area contributed by atoms with Gasteiger partial charge in [0.05, 0.1) is 10.9 Å². The molecule has 0 fully saturated rings. The second-order valence-electron chi connectivity index (χ2n) is 4.69. The normalized spacial score (nSPS) is 18.4. The fourth-order valence-electron chi connectivity index (χ4n) is 2.63. The predicted molar refractivity (Wildman–Crippen MR) is 84.0 cm³/mol. The van der Waals surface area contributed by atoms with Gasteiger partial charge in [-0.05, 0) is 29.2 Å². The molecule has 1 aliphatic rings. The van der Waals surface area contributed by atoms with Crippen LogP contribution in [0.25, 0.3) is 0 Å². The molecule has 0 saturated carbocycles. The molecule has 2 aromatic rings. The van der Waals surface area contributed by atoms with Crippen LogP contribution in [-0.4, -0.2) is 11.5 Å². The number of rotatable bonds is 1. The molecule has 2 aromatic carbocycles. The fourth-order valence-corrected chi connectivity index (χ4v) is 3.23. The molecule has 1 nitrogen and oxygen atoms in total. The van der Waals surface area contributed by atoms with E-state index >= 15 is 0 Å². The van der Waals surface area contributed by atoms with E-state index in [1.807, 2.05) is 18.2 Å². The van der Waals surface area contributed by atoms with Crippen molar-refractivity contribution < 1.29 is 0 Å². The lowest BCUT2D eigenvalue weighted by Crippen LogP contribution is -2.27. The number of nitrogens with one attached hydrogen (secondary N) is 1. The van der Waals surface area contributed by atoms with Crippen LogP contribution in [0.3, 0.4) is 0 Å². The minimum absolute atomic E-state index is 0.0578. The van der Waals surface area contributed by atoms with Gasteiger partial charge in [-0.2, -0.15) is 0 Å². The summed E-state index contributed by atoms with van der Waals surface area (Å²) < 4.78 is 0. The lowest BCUT2D eigenvalue weighted by atomic mass is 9.88. The first kappa shape index (κ1) is 12.6. The summed E-state index contributed by atoms with van der Waals surface area (Å²) in [6, 6.07) is 16.4. The van der Waals surface area contributed by atoms with Crippen LogP contribution in [0.2, 0.25) is 5.02 Å². The molecule has 0 saturated heterocycles. The topological polar surface area (TPSA) is 12.0 Å². The lowest BCUT2D eigenvalue weighted by molar-refractivity contribution is 0.882. The molecule has 19 heavy (non-hydrogen) atoms. The molecule has 0 spiro atoms. The molecule has 1 atom stereocenters. The van der Waals surface area contributed by atoms with Gasteiger partial charge in [0.25, 0.3) is 0 Å². The van der Waals surface area contributed by atoms with Crippen molar-refractivity contribution in [3.8, 4) is 0 Å². The average molecular weight is 288 g/mol. The Balaban J connectivity index is 2.18. The molecular weight excluding hydrogens is 274 g/mol. The van der Waals surface area contributed by atoms with Gasteiger partial charge in [0.1, 0.15) is 0 Å². The van der Waals surface area contributed by atoms with Crippen molar-refractivity contribution in [3.05, 3.63) is 70.2 Å². The summed E-state index contributed by atoms with van der Waals surface area (Å²) in [5.41, 5.74) is 3.70. The van der Waals surface area contributed by atoms with Crippen molar-refractivity contribution in [1.29, 1.82) is 0 Å². The van der Waals surface area contributed by atoms with Gasteiger partial charge in [-0.15, -0.1) is 0 Å². The number of hydrogen-bond acceptors (Lipinski definition) is 1. The summed E-state index contributed by atoms with van der Waals surface area (Å²) in [6.45, 7) is 0.886. The first-order chi connectivity index (χ1) is 9.27. The Hall–Kier alpha value is -1.38. The second kappa shape index (κ2) is 5.32. The van der Waals surface area contributed by atoms with Crippen molar-refractivity contribution in [2.75, 3.05) is 6.54 Å². The maximum atomic E-state index is 6.36. The Labute approximate surface area is 123 Å². The smallest absolute Gasteiger partial charge is 0.0874 e. The molecule has 1 aliphatic heterocycles. The Morgan fingerprint density at radius 3 is 2.47 bits per heavy atom. The standard InChI is InChI=1S/C16H14ClNS/c17-14-8-4-3-7-13(14)15-12-6-2-1-5-11(12)9-10-18-16(15)19/h1-8,15H,9-10H2,(H,18,19)/t15-/m0/s1.